The second-order valence-corrected chi connectivity index (χ2v) is 8.20. The van der Waals surface area contributed by atoms with Gasteiger partial charge in [-0.15, -0.1) is 0 Å². The van der Waals surface area contributed by atoms with Crippen molar-refractivity contribution in [1.29, 1.82) is 0 Å². The van der Waals surface area contributed by atoms with E-state index in [0.717, 1.165) is 16.2 Å². The normalized spacial score (nSPS) is 11.4. The molecule has 0 saturated carbocycles. The number of carboxylic acids is 1. The number of anilines is 1. The van der Waals surface area contributed by atoms with Crippen LogP contribution >= 0.6 is 0 Å². The van der Waals surface area contributed by atoms with Gasteiger partial charge in [-0.2, -0.15) is 0 Å². The molecule has 0 saturated heterocycles. The number of aromatic nitrogens is 1. The summed E-state index contributed by atoms with van der Waals surface area (Å²) in [6.45, 7) is 0.0126. The van der Waals surface area contributed by atoms with Gasteiger partial charge in [0, 0.05) is 17.0 Å². The minimum atomic E-state index is -1.01. The summed E-state index contributed by atoms with van der Waals surface area (Å²) >= 11 is 0. The number of rotatable bonds is 7. The molecule has 2 N–H and O–H groups in total. The number of carbonyl (C=O) groups excluding carboxylic acids is 1. The Bertz CT molecular complexity index is 1600. The van der Waals surface area contributed by atoms with Gasteiger partial charge in [0.25, 0.3) is 5.91 Å². The minimum Gasteiger partial charge on any atom is -0.488 e. The van der Waals surface area contributed by atoms with Gasteiger partial charge in [0.05, 0.1) is 22.3 Å². The van der Waals surface area contributed by atoms with Gasteiger partial charge in [0.2, 0.25) is 0 Å². The van der Waals surface area contributed by atoms with Gasteiger partial charge in [-0.3, -0.25) is 9.78 Å². The first-order valence-electron chi connectivity index (χ1n) is 11.4. The Morgan fingerprint density at radius 2 is 1.56 bits per heavy atom. The first kappa shape index (κ1) is 22.8. The average Bonchev–Trinajstić information content (AvgIpc) is 2.91. The van der Waals surface area contributed by atoms with Crippen LogP contribution in [0.1, 0.15) is 15.9 Å². The quantitative estimate of drug-likeness (QED) is 0.275. The lowest BCUT2D eigenvalue weighted by Crippen LogP contribution is -2.19. The number of hydrogen-bond acceptors (Lipinski definition) is 4. The standard InChI is InChI=1S/C30H22N2O4/c33-29(32-26-11-3-8-22-9-5-17-31-28(22)26)24(18-20-13-15-23(16-14-20)30(34)35)19-36-27-12-4-7-21-6-1-2-10-25(21)27/h1-18H,19H2,(H,32,33)(H,34,35). The molecule has 6 heteroatoms. The molecular formula is C30H22N2O4. The van der Waals surface area contributed by atoms with E-state index in [1.807, 2.05) is 66.7 Å². The summed E-state index contributed by atoms with van der Waals surface area (Å²) in [5.74, 6) is -0.679. The molecule has 4 aromatic carbocycles. The highest BCUT2D eigenvalue weighted by Gasteiger charge is 2.14. The molecule has 0 bridgehead atoms. The molecule has 5 rings (SSSR count). The molecule has 0 unspecified atom stereocenters. The van der Waals surface area contributed by atoms with Crippen LogP contribution in [0.15, 0.2) is 109 Å². The summed E-state index contributed by atoms with van der Waals surface area (Å²) in [5, 5.41) is 15.1. The van der Waals surface area contributed by atoms with Gasteiger partial charge in [0.1, 0.15) is 12.4 Å². The highest BCUT2D eigenvalue weighted by atomic mass is 16.5. The fraction of sp³-hybridized carbons (Fsp3) is 0.0333. The number of ether oxygens (including phenoxy) is 1. The molecule has 176 valence electrons. The number of para-hydroxylation sites is 1. The maximum absolute atomic E-state index is 13.4. The number of aromatic carboxylic acids is 1. The van der Waals surface area contributed by atoms with Crippen LogP contribution in [0.25, 0.3) is 27.8 Å². The van der Waals surface area contributed by atoms with Crippen LogP contribution in [0.4, 0.5) is 5.69 Å². The van der Waals surface area contributed by atoms with Crippen molar-refractivity contribution in [2.75, 3.05) is 11.9 Å². The zero-order valence-corrected chi connectivity index (χ0v) is 19.2. The van der Waals surface area contributed by atoms with Crippen molar-refractivity contribution >= 4 is 45.3 Å². The Morgan fingerprint density at radius 3 is 2.39 bits per heavy atom. The monoisotopic (exact) mass is 474 g/mol. The third-order valence-corrected chi connectivity index (χ3v) is 5.80. The fourth-order valence-corrected chi connectivity index (χ4v) is 3.98. The Hall–Kier alpha value is -4.97. The summed E-state index contributed by atoms with van der Waals surface area (Å²) in [4.78, 5) is 29.1. The smallest absolute Gasteiger partial charge is 0.335 e. The number of nitrogens with zero attached hydrogens (tertiary/aromatic N) is 1. The van der Waals surface area contributed by atoms with Crippen molar-refractivity contribution in [1.82, 2.24) is 4.98 Å². The minimum absolute atomic E-state index is 0.0126. The van der Waals surface area contributed by atoms with Crippen molar-refractivity contribution in [2.45, 2.75) is 0 Å². The van der Waals surface area contributed by atoms with Crippen molar-refractivity contribution < 1.29 is 19.4 Å². The van der Waals surface area contributed by atoms with Gasteiger partial charge in [-0.25, -0.2) is 4.79 Å². The van der Waals surface area contributed by atoms with Crippen molar-refractivity contribution in [3.05, 3.63) is 120 Å². The number of benzene rings is 4. The summed E-state index contributed by atoms with van der Waals surface area (Å²) in [7, 11) is 0. The zero-order valence-electron chi connectivity index (χ0n) is 19.2. The van der Waals surface area contributed by atoms with E-state index in [9.17, 15) is 14.7 Å². The largest absolute Gasteiger partial charge is 0.488 e. The molecule has 1 heterocycles. The molecule has 0 spiro atoms. The lowest BCUT2D eigenvalue weighted by Gasteiger charge is -2.14. The Labute approximate surface area is 207 Å². The van der Waals surface area contributed by atoms with Crippen LogP contribution in [0, 0.1) is 0 Å². The van der Waals surface area contributed by atoms with Crippen molar-refractivity contribution in [2.24, 2.45) is 0 Å². The first-order valence-corrected chi connectivity index (χ1v) is 11.4. The Morgan fingerprint density at radius 1 is 0.833 bits per heavy atom. The molecule has 5 aromatic rings. The van der Waals surface area contributed by atoms with E-state index >= 15 is 0 Å². The molecule has 0 aliphatic carbocycles. The predicted molar refractivity (Wildman–Crippen MR) is 141 cm³/mol. The molecule has 6 nitrogen and oxygen atoms in total. The molecule has 36 heavy (non-hydrogen) atoms. The van der Waals surface area contributed by atoms with Crippen LogP contribution in [-0.2, 0) is 4.79 Å². The van der Waals surface area contributed by atoms with Gasteiger partial charge in [-0.05, 0) is 47.4 Å². The van der Waals surface area contributed by atoms with Crippen LogP contribution in [-0.4, -0.2) is 28.6 Å². The number of carboxylic acid groups (broad SMARTS) is 1. The van der Waals surface area contributed by atoms with E-state index in [0.29, 0.717) is 28.1 Å². The number of amides is 1. The van der Waals surface area contributed by atoms with E-state index < -0.39 is 5.97 Å². The molecule has 0 radical (unpaired) electrons. The second-order valence-electron chi connectivity index (χ2n) is 8.20. The van der Waals surface area contributed by atoms with E-state index in [-0.39, 0.29) is 18.1 Å². The number of pyridine rings is 1. The van der Waals surface area contributed by atoms with Gasteiger partial charge in [-0.1, -0.05) is 66.7 Å². The first-order chi connectivity index (χ1) is 17.6. The van der Waals surface area contributed by atoms with Crippen LogP contribution in [0.2, 0.25) is 0 Å². The lowest BCUT2D eigenvalue weighted by atomic mass is 10.1. The highest BCUT2D eigenvalue weighted by Crippen LogP contribution is 2.26. The van der Waals surface area contributed by atoms with E-state index in [1.165, 1.54) is 12.1 Å². The molecule has 1 aromatic heterocycles. The third kappa shape index (κ3) is 4.93. The maximum Gasteiger partial charge on any atom is 0.335 e. The lowest BCUT2D eigenvalue weighted by molar-refractivity contribution is -0.113. The third-order valence-electron chi connectivity index (χ3n) is 5.80. The van der Waals surface area contributed by atoms with Crippen LogP contribution < -0.4 is 10.1 Å². The number of carbonyl (C=O) groups is 2. The molecule has 0 aliphatic heterocycles. The average molecular weight is 475 g/mol. The molecule has 0 aliphatic rings. The zero-order chi connectivity index (χ0) is 24.9. The SMILES string of the molecule is O=C(Nc1cccc2cccnc12)C(=Cc1ccc(C(=O)O)cc1)COc1cccc2ccccc12. The van der Waals surface area contributed by atoms with Gasteiger partial charge < -0.3 is 15.2 Å². The maximum atomic E-state index is 13.4. The van der Waals surface area contributed by atoms with Crippen molar-refractivity contribution in [3.63, 3.8) is 0 Å². The predicted octanol–water partition coefficient (Wildman–Crippen LogP) is 6.19. The molecule has 0 atom stereocenters. The van der Waals surface area contributed by atoms with Crippen LogP contribution in [0.5, 0.6) is 5.75 Å². The Kier molecular flexibility index (Phi) is 6.40. The molecular weight excluding hydrogens is 452 g/mol. The van der Waals surface area contributed by atoms with Crippen LogP contribution in [0.3, 0.4) is 0 Å². The topological polar surface area (TPSA) is 88.5 Å². The second kappa shape index (κ2) is 10.1. The van der Waals surface area contributed by atoms with Gasteiger partial charge in [0.15, 0.2) is 0 Å². The summed E-state index contributed by atoms with van der Waals surface area (Å²) < 4.78 is 6.12. The van der Waals surface area contributed by atoms with Gasteiger partial charge >= 0.3 is 5.97 Å². The van der Waals surface area contributed by atoms with E-state index in [4.69, 9.17) is 4.74 Å². The molecule has 1 amide bonds. The highest BCUT2D eigenvalue weighted by molar-refractivity contribution is 6.10. The number of fused-ring (bicyclic) bond motifs is 2. The van der Waals surface area contributed by atoms with E-state index in [1.54, 1.807) is 30.5 Å². The number of hydrogen-bond donors (Lipinski definition) is 2. The number of nitrogens with one attached hydrogen (secondary N) is 1. The fourth-order valence-electron chi connectivity index (χ4n) is 3.98. The molecule has 0 fully saturated rings. The summed E-state index contributed by atoms with van der Waals surface area (Å²) in [5.41, 5.74) is 2.51. The summed E-state index contributed by atoms with van der Waals surface area (Å²) in [6.07, 6.45) is 3.38. The summed E-state index contributed by atoms with van der Waals surface area (Å²) in [6, 6.07) is 29.4. The Balaban J connectivity index is 1.47. The van der Waals surface area contributed by atoms with E-state index in [2.05, 4.69) is 10.3 Å². The van der Waals surface area contributed by atoms with Crippen molar-refractivity contribution in [3.8, 4) is 5.75 Å².